The molecule has 1 aromatic heterocycles. The molecule has 4 nitrogen and oxygen atoms in total. The normalized spacial score (nSPS) is 11.3. The van der Waals surface area contributed by atoms with Crippen LogP contribution in [0.3, 0.4) is 0 Å². The Morgan fingerprint density at radius 2 is 1.73 bits per heavy atom. The number of phenols is 1. The first-order valence-electron chi connectivity index (χ1n) is 8.33. The highest BCUT2D eigenvalue weighted by Crippen LogP contribution is 2.30. The van der Waals surface area contributed by atoms with E-state index in [1.54, 1.807) is 24.4 Å². The van der Waals surface area contributed by atoms with Crippen molar-refractivity contribution in [3.8, 4) is 22.6 Å². The number of hydrogen-bond donors (Lipinski definition) is 1. The average molecular weight is 342 g/mol. The van der Waals surface area contributed by atoms with Crippen molar-refractivity contribution in [2.45, 2.75) is 0 Å². The summed E-state index contributed by atoms with van der Waals surface area (Å²) in [4.78, 5) is 0. The third-order valence-electron chi connectivity index (χ3n) is 4.31. The van der Waals surface area contributed by atoms with Crippen LogP contribution in [0.15, 0.2) is 84.1 Å². The Bertz CT molecular complexity index is 1080. The fourth-order valence-corrected chi connectivity index (χ4v) is 3.01. The molecule has 128 valence electrons. The Morgan fingerprint density at radius 3 is 2.54 bits per heavy atom. The highest BCUT2D eigenvalue weighted by atomic mass is 16.5. The zero-order valence-electron chi connectivity index (χ0n) is 14.3. The van der Waals surface area contributed by atoms with Gasteiger partial charge in [-0.1, -0.05) is 48.5 Å². The van der Waals surface area contributed by atoms with Crippen LogP contribution in [0.4, 0.5) is 0 Å². The molecule has 0 aliphatic heterocycles. The van der Waals surface area contributed by atoms with Crippen molar-refractivity contribution in [2.24, 2.45) is 5.10 Å². The number of aromatic nitrogens is 1. The summed E-state index contributed by atoms with van der Waals surface area (Å²) in [6.07, 6.45) is 3.79. The number of fused-ring (bicyclic) bond motifs is 1. The van der Waals surface area contributed by atoms with Gasteiger partial charge < -0.3 is 9.84 Å². The van der Waals surface area contributed by atoms with Gasteiger partial charge in [-0.2, -0.15) is 5.10 Å². The summed E-state index contributed by atoms with van der Waals surface area (Å²) in [5.74, 6) is 0.540. The molecule has 4 heteroatoms. The van der Waals surface area contributed by atoms with Gasteiger partial charge in [0.2, 0.25) is 0 Å². The van der Waals surface area contributed by atoms with Crippen molar-refractivity contribution < 1.29 is 9.84 Å². The average Bonchev–Trinajstić information content (AvgIpc) is 3.07. The minimum atomic E-state index is 0.113. The van der Waals surface area contributed by atoms with E-state index in [0.717, 1.165) is 27.6 Å². The highest BCUT2D eigenvalue weighted by Gasteiger charge is 2.09. The van der Waals surface area contributed by atoms with Crippen LogP contribution in [0.5, 0.6) is 11.5 Å². The van der Waals surface area contributed by atoms with Crippen molar-refractivity contribution in [3.05, 3.63) is 84.6 Å². The molecule has 0 aliphatic rings. The van der Waals surface area contributed by atoms with E-state index in [9.17, 15) is 5.11 Å². The molecular formula is C22H18N2O2. The van der Waals surface area contributed by atoms with Crippen molar-refractivity contribution in [3.63, 3.8) is 0 Å². The third kappa shape index (κ3) is 2.93. The van der Waals surface area contributed by atoms with Gasteiger partial charge in [-0.25, -0.2) is 4.68 Å². The van der Waals surface area contributed by atoms with Crippen LogP contribution in [0, 0.1) is 0 Å². The summed E-state index contributed by atoms with van der Waals surface area (Å²) in [6, 6.07) is 23.6. The maximum atomic E-state index is 9.72. The third-order valence-corrected chi connectivity index (χ3v) is 4.31. The largest absolute Gasteiger partial charge is 0.504 e. The zero-order valence-corrected chi connectivity index (χ0v) is 14.3. The molecule has 0 radical (unpaired) electrons. The lowest BCUT2D eigenvalue weighted by atomic mass is 10.1. The van der Waals surface area contributed by atoms with Gasteiger partial charge in [-0.05, 0) is 35.4 Å². The van der Waals surface area contributed by atoms with Gasteiger partial charge in [-0.3, -0.25) is 0 Å². The number of benzene rings is 3. The van der Waals surface area contributed by atoms with Crippen molar-refractivity contribution in [1.29, 1.82) is 0 Å². The summed E-state index contributed by atoms with van der Waals surface area (Å²) in [5.41, 5.74) is 4.18. The lowest BCUT2D eigenvalue weighted by molar-refractivity contribution is 0.373. The molecule has 0 amide bonds. The lowest BCUT2D eigenvalue weighted by Gasteiger charge is -2.03. The van der Waals surface area contributed by atoms with E-state index in [-0.39, 0.29) is 5.75 Å². The number of hydrogen-bond acceptors (Lipinski definition) is 3. The molecule has 1 heterocycles. The van der Waals surface area contributed by atoms with E-state index in [1.807, 2.05) is 41.2 Å². The number of phenolic OH excluding ortho intramolecular Hbond substituents is 1. The van der Waals surface area contributed by atoms with Crippen molar-refractivity contribution in [2.75, 3.05) is 7.11 Å². The molecule has 0 atom stereocenters. The molecule has 4 rings (SSSR count). The van der Waals surface area contributed by atoms with E-state index >= 15 is 0 Å². The van der Waals surface area contributed by atoms with Gasteiger partial charge in [0.1, 0.15) is 0 Å². The van der Waals surface area contributed by atoms with Crippen LogP contribution < -0.4 is 4.74 Å². The molecule has 0 fully saturated rings. The van der Waals surface area contributed by atoms with Gasteiger partial charge in [0.15, 0.2) is 11.5 Å². The highest BCUT2D eigenvalue weighted by molar-refractivity contribution is 5.96. The Hall–Kier alpha value is -3.53. The summed E-state index contributed by atoms with van der Waals surface area (Å²) in [7, 11) is 1.53. The molecule has 0 saturated heterocycles. The first-order chi connectivity index (χ1) is 12.8. The predicted molar refractivity (Wildman–Crippen MR) is 105 cm³/mol. The maximum Gasteiger partial charge on any atom is 0.161 e. The molecule has 0 bridgehead atoms. The molecule has 26 heavy (non-hydrogen) atoms. The fourth-order valence-electron chi connectivity index (χ4n) is 3.01. The van der Waals surface area contributed by atoms with Crippen LogP contribution in [-0.2, 0) is 0 Å². The SMILES string of the molecule is COc1cc(/C=N/n2cc(-c3ccccc3)c3ccccc32)ccc1O. The molecule has 0 aliphatic carbocycles. The predicted octanol–water partition coefficient (Wildman–Crippen LogP) is 4.90. The van der Waals surface area contributed by atoms with E-state index in [0.29, 0.717) is 5.75 Å². The summed E-state index contributed by atoms with van der Waals surface area (Å²) in [6.45, 7) is 0. The topological polar surface area (TPSA) is 46.8 Å². The first kappa shape index (κ1) is 16.0. The van der Waals surface area contributed by atoms with Crippen LogP contribution >= 0.6 is 0 Å². The smallest absolute Gasteiger partial charge is 0.161 e. The van der Waals surface area contributed by atoms with Gasteiger partial charge in [-0.15, -0.1) is 0 Å². The molecule has 1 N–H and O–H groups in total. The fraction of sp³-hybridized carbons (Fsp3) is 0.0455. The van der Waals surface area contributed by atoms with Gasteiger partial charge in [0.05, 0.1) is 18.8 Å². The molecular weight excluding hydrogens is 324 g/mol. The lowest BCUT2D eigenvalue weighted by Crippen LogP contribution is -1.90. The second-order valence-corrected chi connectivity index (χ2v) is 5.95. The van der Waals surface area contributed by atoms with Crippen molar-refractivity contribution >= 4 is 17.1 Å². The van der Waals surface area contributed by atoms with Crippen LogP contribution in [0.2, 0.25) is 0 Å². The van der Waals surface area contributed by atoms with Gasteiger partial charge >= 0.3 is 0 Å². The standard InChI is InChI=1S/C22H18N2O2/c1-26-22-13-16(11-12-21(22)25)14-23-24-15-19(17-7-3-2-4-8-17)18-9-5-6-10-20(18)24/h2-15,25H,1H3/b23-14+. The second-order valence-electron chi connectivity index (χ2n) is 5.95. The van der Waals surface area contributed by atoms with E-state index in [1.165, 1.54) is 7.11 Å². The molecule has 3 aromatic carbocycles. The summed E-state index contributed by atoms with van der Waals surface area (Å²) in [5, 5.41) is 15.5. The maximum absolute atomic E-state index is 9.72. The number of methoxy groups -OCH3 is 1. The molecule has 0 spiro atoms. The summed E-state index contributed by atoms with van der Waals surface area (Å²) < 4.78 is 7.02. The number of nitrogens with zero attached hydrogens (tertiary/aromatic N) is 2. The first-order valence-corrected chi connectivity index (χ1v) is 8.33. The number of ether oxygens (including phenoxy) is 1. The van der Waals surface area contributed by atoms with E-state index in [4.69, 9.17) is 4.74 Å². The zero-order chi connectivity index (χ0) is 17.9. The van der Waals surface area contributed by atoms with Crippen molar-refractivity contribution in [1.82, 2.24) is 4.68 Å². The van der Waals surface area contributed by atoms with E-state index < -0.39 is 0 Å². The molecule has 4 aromatic rings. The Balaban J connectivity index is 1.78. The minimum Gasteiger partial charge on any atom is -0.504 e. The quantitative estimate of drug-likeness (QED) is 0.536. The molecule has 0 unspecified atom stereocenters. The van der Waals surface area contributed by atoms with Crippen LogP contribution in [0.25, 0.3) is 22.0 Å². The van der Waals surface area contributed by atoms with Crippen LogP contribution in [-0.4, -0.2) is 23.1 Å². The van der Waals surface area contributed by atoms with E-state index in [2.05, 4.69) is 29.4 Å². The monoisotopic (exact) mass is 342 g/mol. The molecule has 0 saturated carbocycles. The Morgan fingerprint density at radius 1 is 0.962 bits per heavy atom. The van der Waals surface area contributed by atoms with Gasteiger partial charge in [0.25, 0.3) is 0 Å². The minimum absolute atomic E-state index is 0.113. The Kier molecular flexibility index (Phi) is 4.15. The number of para-hydroxylation sites is 1. The second kappa shape index (κ2) is 6.76. The van der Waals surface area contributed by atoms with Gasteiger partial charge in [0, 0.05) is 17.1 Å². The number of aromatic hydroxyl groups is 1. The van der Waals surface area contributed by atoms with Crippen LogP contribution in [0.1, 0.15) is 5.56 Å². The Labute approximate surface area is 151 Å². The summed E-state index contributed by atoms with van der Waals surface area (Å²) >= 11 is 0. The number of rotatable bonds is 4.